The lowest BCUT2D eigenvalue weighted by molar-refractivity contribution is 0.298. The van der Waals surface area contributed by atoms with Gasteiger partial charge < -0.3 is 14.6 Å². The minimum absolute atomic E-state index is 0.0938. The van der Waals surface area contributed by atoms with Gasteiger partial charge in [0.2, 0.25) is 0 Å². The van der Waals surface area contributed by atoms with Crippen LogP contribution in [-0.2, 0) is 13.2 Å². The molecule has 0 saturated carbocycles. The smallest absolute Gasteiger partial charge is 0.273 e. The van der Waals surface area contributed by atoms with Crippen LogP contribution in [0.1, 0.15) is 23.7 Å². The first kappa shape index (κ1) is 21.6. The van der Waals surface area contributed by atoms with E-state index in [0.29, 0.717) is 12.2 Å². The van der Waals surface area contributed by atoms with Gasteiger partial charge in [0.1, 0.15) is 29.0 Å². The van der Waals surface area contributed by atoms with Gasteiger partial charge >= 0.3 is 0 Å². The largest absolute Gasteiger partial charge is 0.487 e. The number of allylic oxidation sites excluding steroid dienone is 1. The zero-order chi connectivity index (χ0) is 21.8. The quantitative estimate of drug-likeness (QED) is 0.526. The topological polar surface area (TPSA) is 43.3 Å². The molecule has 3 rings (SSSR count). The number of hydrogen-bond donors (Lipinski definition) is 1. The third-order valence-corrected chi connectivity index (χ3v) is 4.81. The Bertz CT molecular complexity index is 1140. The maximum Gasteiger partial charge on any atom is 0.273 e. The van der Waals surface area contributed by atoms with Crippen LogP contribution in [0.5, 0.6) is 5.75 Å². The van der Waals surface area contributed by atoms with Crippen LogP contribution in [0, 0.1) is 18.6 Å². The maximum atomic E-state index is 13.8. The van der Waals surface area contributed by atoms with Crippen LogP contribution in [0.3, 0.4) is 0 Å². The first-order valence-electron chi connectivity index (χ1n) is 9.22. The molecule has 0 amide bonds. The van der Waals surface area contributed by atoms with Gasteiger partial charge in [-0.3, -0.25) is 4.79 Å². The Labute approximate surface area is 178 Å². The molecule has 0 atom stereocenters. The molecular weight excluding hydrogens is 410 g/mol. The van der Waals surface area contributed by atoms with Crippen molar-refractivity contribution in [2.45, 2.75) is 27.0 Å². The predicted molar refractivity (Wildman–Crippen MR) is 115 cm³/mol. The van der Waals surface area contributed by atoms with Crippen LogP contribution in [0.15, 0.2) is 65.6 Å². The molecule has 0 bridgehead atoms. The Hall–Kier alpha value is -3.12. The molecule has 0 fully saturated rings. The van der Waals surface area contributed by atoms with Crippen molar-refractivity contribution in [3.63, 3.8) is 0 Å². The lowest BCUT2D eigenvalue weighted by Crippen LogP contribution is -2.24. The van der Waals surface area contributed by atoms with E-state index in [2.05, 4.69) is 11.9 Å². The molecule has 7 heteroatoms. The van der Waals surface area contributed by atoms with E-state index in [0.717, 1.165) is 29.1 Å². The number of pyridine rings is 1. The Balaban J connectivity index is 1.79. The molecule has 0 radical (unpaired) electrons. The molecule has 1 heterocycles. The third kappa shape index (κ3) is 5.07. The number of nitrogens with zero attached hydrogens (tertiary/aromatic N) is 1. The highest BCUT2D eigenvalue weighted by atomic mass is 35.5. The molecular formula is C23H21ClF2N2O2. The maximum absolute atomic E-state index is 13.8. The minimum atomic E-state index is -0.722. The van der Waals surface area contributed by atoms with Crippen molar-refractivity contribution < 1.29 is 13.5 Å². The minimum Gasteiger partial charge on any atom is -0.487 e. The number of halogens is 3. The van der Waals surface area contributed by atoms with E-state index in [1.165, 1.54) is 10.6 Å². The van der Waals surface area contributed by atoms with E-state index in [1.54, 1.807) is 13.0 Å². The molecule has 2 aromatic carbocycles. The second-order valence-electron chi connectivity index (χ2n) is 6.98. The summed E-state index contributed by atoms with van der Waals surface area (Å²) in [5.41, 5.74) is 3.06. The normalized spacial score (nSPS) is 10.7. The average molecular weight is 431 g/mol. The van der Waals surface area contributed by atoms with Crippen molar-refractivity contribution in [1.29, 1.82) is 0 Å². The van der Waals surface area contributed by atoms with Crippen LogP contribution in [-0.4, -0.2) is 4.57 Å². The first-order chi connectivity index (χ1) is 14.2. The Kier molecular flexibility index (Phi) is 6.57. The fourth-order valence-electron chi connectivity index (χ4n) is 2.93. The second kappa shape index (κ2) is 9.13. The molecule has 0 aliphatic rings. The summed E-state index contributed by atoms with van der Waals surface area (Å²) < 4.78 is 33.9. The molecule has 4 nitrogen and oxygen atoms in total. The van der Waals surface area contributed by atoms with E-state index in [4.69, 9.17) is 16.3 Å². The fourth-order valence-corrected chi connectivity index (χ4v) is 3.14. The summed E-state index contributed by atoms with van der Waals surface area (Å²) in [6.07, 6.45) is 0. The van der Waals surface area contributed by atoms with E-state index < -0.39 is 17.2 Å². The number of rotatable bonds is 7. The Morgan fingerprint density at radius 1 is 1.17 bits per heavy atom. The van der Waals surface area contributed by atoms with Crippen molar-refractivity contribution in [2.75, 3.05) is 5.32 Å². The van der Waals surface area contributed by atoms with Crippen LogP contribution < -0.4 is 15.6 Å². The Morgan fingerprint density at radius 2 is 1.87 bits per heavy atom. The zero-order valence-corrected chi connectivity index (χ0v) is 17.4. The molecule has 156 valence electrons. The number of hydrogen-bond acceptors (Lipinski definition) is 3. The summed E-state index contributed by atoms with van der Waals surface area (Å²) in [7, 11) is 0. The van der Waals surface area contributed by atoms with Gasteiger partial charge in [0.05, 0.1) is 6.54 Å². The number of anilines is 1. The average Bonchev–Trinajstić information content (AvgIpc) is 2.69. The van der Waals surface area contributed by atoms with Crippen molar-refractivity contribution in [3.8, 4) is 5.75 Å². The van der Waals surface area contributed by atoms with Gasteiger partial charge in [-0.2, -0.15) is 0 Å². The van der Waals surface area contributed by atoms with Crippen molar-refractivity contribution in [1.82, 2.24) is 4.57 Å². The van der Waals surface area contributed by atoms with Crippen molar-refractivity contribution in [2.24, 2.45) is 0 Å². The zero-order valence-electron chi connectivity index (χ0n) is 16.6. The predicted octanol–water partition coefficient (Wildman–Crippen LogP) is 5.66. The highest BCUT2D eigenvalue weighted by Gasteiger charge is 2.14. The van der Waals surface area contributed by atoms with E-state index >= 15 is 0 Å². The molecule has 0 spiro atoms. The highest BCUT2D eigenvalue weighted by molar-refractivity contribution is 6.31. The van der Waals surface area contributed by atoms with Crippen LogP contribution >= 0.6 is 11.6 Å². The van der Waals surface area contributed by atoms with Gasteiger partial charge in [-0.15, -0.1) is 0 Å². The number of aryl methyl sites for hydroxylation is 1. The summed E-state index contributed by atoms with van der Waals surface area (Å²) in [5.74, 6) is -1.24. The lowest BCUT2D eigenvalue weighted by atomic mass is 10.2. The summed E-state index contributed by atoms with van der Waals surface area (Å²) >= 11 is 6.22. The lowest BCUT2D eigenvalue weighted by Gasteiger charge is -2.15. The monoisotopic (exact) mass is 430 g/mol. The Morgan fingerprint density at radius 3 is 2.50 bits per heavy atom. The van der Waals surface area contributed by atoms with Gasteiger partial charge in [-0.1, -0.05) is 30.3 Å². The number of ether oxygens (including phenoxy) is 1. The van der Waals surface area contributed by atoms with E-state index in [-0.39, 0.29) is 22.9 Å². The van der Waals surface area contributed by atoms with Crippen molar-refractivity contribution in [3.05, 3.63) is 105 Å². The van der Waals surface area contributed by atoms with Crippen LogP contribution in [0.2, 0.25) is 5.02 Å². The summed E-state index contributed by atoms with van der Waals surface area (Å²) in [5, 5.41) is 3.03. The molecule has 0 aliphatic carbocycles. The summed E-state index contributed by atoms with van der Waals surface area (Å²) in [4.78, 5) is 12.8. The van der Waals surface area contributed by atoms with E-state index in [9.17, 15) is 13.6 Å². The molecule has 0 aliphatic heterocycles. The summed E-state index contributed by atoms with van der Waals surface area (Å²) in [6, 6.07) is 12.5. The molecule has 0 unspecified atom stereocenters. The number of benzene rings is 2. The molecule has 3 aromatic rings. The van der Waals surface area contributed by atoms with Crippen molar-refractivity contribution >= 4 is 17.3 Å². The molecule has 30 heavy (non-hydrogen) atoms. The first-order valence-corrected chi connectivity index (χ1v) is 9.60. The van der Waals surface area contributed by atoms with Crippen LogP contribution in [0.25, 0.3) is 0 Å². The number of nitrogens with one attached hydrogen (secondary N) is 1. The summed E-state index contributed by atoms with van der Waals surface area (Å²) in [6.45, 7) is 7.60. The van der Waals surface area contributed by atoms with Gasteiger partial charge in [0, 0.05) is 34.8 Å². The highest BCUT2D eigenvalue weighted by Crippen LogP contribution is 2.24. The molecule has 1 aromatic heterocycles. The third-order valence-electron chi connectivity index (χ3n) is 4.47. The molecule has 0 saturated heterocycles. The van der Waals surface area contributed by atoms with Gasteiger partial charge in [0.25, 0.3) is 5.56 Å². The van der Waals surface area contributed by atoms with Crippen LogP contribution in [0.4, 0.5) is 14.5 Å². The van der Waals surface area contributed by atoms with Gasteiger partial charge in [-0.05, 0) is 43.7 Å². The van der Waals surface area contributed by atoms with Gasteiger partial charge in [0.15, 0.2) is 0 Å². The van der Waals surface area contributed by atoms with Gasteiger partial charge in [-0.25, -0.2) is 8.78 Å². The second-order valence-corrected chi connectivity index (χ2v) is 7.36. The standard InChI is InChI=1S/C23H21ClF2N2O2/c1-14(2)27-19-8-4-16(5-9-19)12-28-15(3)10-21(22(24)23(28)29)30-13-17-6-7-18(25)11-20(17)26/h4-11,27H,1,12-13H2,2-3H3. The number of aromatic nitrogens is 1. The van der Waals surface area contributed by atoms with E-state index in [1.807, 2.05) is 31.2 Å². The SMILES string of the molecule is C=C(C)Nc1ccc(Cn2c(C)cc(OCc3ccc(F)cc3F)c(Cl)c2=O)cc1. The fraction of sp³-hybridized carbons (Fsp3) is 0.174. The molecule has 1 N–H and O–H groups in total.